The normalized spacial score (nSPS) is 11.4. The predicted octanol–water partition coefficient (Wildman–Crippen LogP) is 2.32. The van der Waals surface area contributed by atoms with Crippen molar-refractivity contribution < 1.29 is 14.3 Å². The third-order valence-corrected chi connectivity index (χ3v) is 2.82. The van der Waals surface area contributed by atoms with Gasteiger partial charge in [0, 0.05) is 44.4 Å². The summed E-state index contributed by atoms with van der Waals surface area (Å²) in [5.74, 6) is 0.669. The number of benzene rings is 1. The number of nitrogens with one attached hydrogen (secondary N) is 2. The van der Waals surface area contributed by atoms with E-state index in [0.29, 0.717) is 19.8 Å². The van der Waals surface area contributed by atoms with Crippen LogP contribution >= 0.6 is 12.4 Å². The first kappa shape index (κ1) is 19.7. The SMILES string of the molecule is CNCC(C)C(=O)Nc1cccc(OCCCOC)c1.Cl. The number of halogens is 1. The van der Waals surface area contributed by atoms with Crippen molar-refractivity contribution >= 4 is 24.0 Å². The second kappa shape index (κ2) is 11.4. The molecule has 120 valence electrons. The molecule has 0 aliphatic carbocycles. The van der Waals surface area contributed by atoms with Crippen LogP contribution < -0.4 is 15.4 Å². The highest BCUT2D eigenvalue weighted by Crippen LogP contribution is 2.18. The lowest BCUT2D eigenvalue weighted by Crippen LogP contribution is -2.28. The summed E-state index contributed by atoms with van der Waals surface area (Å²) >= 11 is 0. The van der Waals surface area contributed by atoms with Crippen LogP contribution in [-0.4, -0.2) is 39.8 Å². The molecule has 0 aliphatic rings. The van der Waals surface area contributed by atoms with Crippen LogP contribution in [0.2, 0.25) is 0 Å². The molecular weight excluding hydrogens is 292 g/mol. The number of hydrogen-bond donors (Lipinski definition) is 2. The number of anilines is 1. The molecule has 0 aliphatic heterocycles. The van der Waals surface area contributed by atoms with Crippen molar-refractivity contribution in [3.05, 3.63) is 24.3 Å². The van der Waals surface area contributed by atoms with E-state index in [1.165, 1.54) is 0 Å². The monoisotopic (exact) mass is 316 g/mol. The van der Waals surface area contributed by atoms with Crippen molar-refractivity contribution in [2.24, 2.45) is 5.92 Å². The Kier molecular flexibility index (Phi) is 10.7. The number of carbonyl (C=O) groups excluding carboxylic acids is 1. The lowest BCUT2D eigenvalue weighted by atomic mass is 10.1. The maximum Gasteiger partial charge on any atom is 0.228 e. The zero-order chi connectivity index (χ0) is 14.8. The Labute approximate surface area is 132 Å². The first-order valence-corrected chi connectivity index (χ1v) is 6.84. The molecule has 5 nitrogen and oxygen atoms in total. The summed E-state index contributed by atoms with van der Waals surface area (Å²) in [6.07, 6.45) is 0.840. The Morgan fingerprint density at radius 1 is 1.33 bits per heavy atom. The van der Waals surface area contributed by atoms with E-state index in [4.69, 9.17) is 9.47 Å². The summed E-state index contributed by atoms with van der Waals surface area (Å²) in [7, 11) is 3.50. The molecule has 1 atom stereocenters. The lowest BCUT2D eigenvalue weighted by molar-refractivity contribution is -0.119. The van der Waals surface area contributed by atoms with E-state index >= 15 is 0 Å². The quantitative estimate of drug-likeness (QED) is 0.686. The average molecular weight is 317 g/mol. The maximum absolute atomic E-state index is 11.9. The molecule has 0 heterocycles. The smallest absolute Gasteiger partial charge is 0.228 e. The van der Waals surface area contributed by atoms with Gasteiger partial charge >= 0.3 is 0 Å². The third-order valence-electron chi connectivity index (χ3n) is 2.82. The van der Waals surface area contributed by atoms with Gasteiger partial charge in [0.2, 0.25) is 5.91 Å². The highest BCUT2D eigenvalue weighted by atomic mass is 35.5. The summed E-state index contributed by atoms with van der Waals surface area (Å²) in [6, 6.07) is 7.42. The van der Waals surface area contributed by atoms with E-state index in [-0.39, 0.29) is 24.2 Å². The van der Waals surface area contributed by atoms with Crippen LogP contribution in [0.3, 0.4) is 0 Å². The van der Waals surface area contributed by atoms with E-state index in [2.05, 4.69) is 10.6 Å². The van der Waals surface area contributed by atoms with Gasteiger partial charge in [0.15, 0.2) is 0 Å². The van der Waals surface area contributed by atoms with E-state index in [0.717, 1.165) is 17.9 Å². The second-order valence-corrected chi connectivity index (χ2v) is 4.67. The van der Waals surface area contributed by atoms with Gasteiger partial charge in [-0.15, -0.1) is 12.4 Å². The van der Waals surface area contributed by atoms with Crippen molar-refractivity contribution in [1.82, 2.24) is 5.32 Å². The predicted molar refractivity (Wildman–Crippen MR) is 87.4 cm³/mol. The minimum atomic E-state index is -0.0775. The first-order valence-electron chi connectivity index (χ1n) is 6.84. The molecule has 0 saturated heterocycles. The van der Waals surface area contributed by atoms with Crippen LogP contribution in [0.1, 0.15) is 13.3 Å². The van der Waals surface area contributed by atoms with Crippen molar-refractivity contribution in [3.8, 4) is 5.75 Å². The minimum absolute atomic E-state index is 0. The second-order valence-electron chi connectivity index (χ2n) is 4.67. The molecule has 0 radical (unpaired) electrons. The number of amides is 1. The molecule has 6 heteroatoms. The van der Waals surface area contributed by atoms with Gasteiger partial charge in [-0.3, -0.25) is 4.79 Å². The van der Waals surface area contributed by atoms with Crippen molar-refractivity contribution in [1.29, 1.82) is 0 Å². The summed E-state index contributed by atoms with van der Waals surface area (Å²) in [5.41, 5.74) is 0.752. The van der Waals surface area contributed by atoms with Crippen LogP contribution in [0.4, 0.5) is 5.69 Å². The first-order chi connectivity index (χ1) is 9.67. The Bertz CT molecular complexity index is 416. The van der Waals surface area contributed by atoms with Gasteiger partial charge in [0.05, 0.1) is 6.61 Å². The molecule has 0 spiro atoms. The molecule has 1 unspecified atom stereocenters. The Hall–Kier alpha value is -1.30. The van der Waals surface area contributed by atoms with E-state index in [1.54, 1.807) is 7.11 Å². The summed E-state index contributed by atoms with van der Waals surface area (Å²) < 4.78 is 10.6. The highest BCUT2D eigenvalue weighted by Gasteiger charge is 2.11. The number of hydrogen-bond acceptors (Lipinski definition) is 4. The Morgan fingerprint density at radius 3 is 2.76 bits per heavy atom. The fourth-order valence-electron chi connectivity index (χ4n) is 1.72. The summed E-state index contributed by atoms with van der Waals surface area (Å²) in [5, 5.41) is 5.87. The van der Waals surface area contributed by atoms with Crippen LogP contribution in [0.15, 0.2) is 24.3 Å². The molecule has 1 rings (SSSR count). The summed E-state index contributed by atoms with van der Waals surface area (Å²) in [6.45, 7) is 3.81. The molecule has 0 saturated carbocycles. The zero-order valence-electron chi connectivity index (χ0n) is 12.8. The van der Waals surface area contributed by atoms with Crippen molar-refractivity contribution in [2.75, 3.05) is 39.2 Å². The largest absolute Gasteiger partial charge is 0.493 e. The van der Waals surface area contributed by atoms with Crippen LogP contribution in [0.25, 0.3) is 0 Å². The molecule has 0 bridgehead atoms. The van der Waals surface area contributed by atoms with Crippen molar-refractivity contribution in [2.45, 2.75) is 13.3 Å². The van der Waals surface area contributed by atoms with Crippen LogP contribution in [0.5, 0.6) is 5.75 Å². The molecular formula is C15H25ClN2O3. The minimum Gasteiger partial charge on any atom is -0.493 e. The topological polar surface area (TPSA) is 59.6 Å². The molecule has 0 fully saturated rings. The maximum atomic E-state index is 11.9. The molecule has 1 aromatic rings. The number of rotatable bonds is 9. The molecule has 21 heavy (non-hydrogen) atoms. The highest BCUT2D eigenvalue weighted by molar-refractivity contribution is 5.92. The Morgan fingerprint density at radius 2 is 2.10 bits per heavy atom. The number of ether oxygens (including phenoxy) is 2. The van der Waals surface area contributed by atoms with E-state index in [9.17, 15) is 4.79 Å². The molecule has 1 aromatic carbocycles. The van der Waals surface area contributed by atoms with Gasteiger partial charge in [-0.1, -0.05) is 13.0 Å². The van der Waals surface area contributed by atoms with Gasteiger partial charge in [0.1, 0.15) is 5.75 Å². The van der Waals surface area contributed by atoms with Crippen LogP contribution in [0, 0.1) is 5.92 Å². The van der Waals surface area contributed by atoms with Crippen LogP contribution in [-0.2, 0) is 9.53 Å². The standard InChI is InChI=1S/C15H24N2O3.ClH/c1-12(11-16-2)15(18)17-13-6-4-7-14(10-13)20-9-5-8-19-3;/h4,6-7,10,12,16H,5,8-9,11H2,1-3H3,(H,17,18);1H. The average Bonchev–Trinajstić information content (AvgIpc) is 2.44. The van der Waals surface area contributed by atoms with Gasteiger partial charge in [0.25, 0.3) is 0 Å². The van der Waals surface area contributed by atoms with Crippen molar-refractivity contribution in [3.63, 3.8) is 0 Å². The zero-order valence-corrected chi connectivity index (χ0v) is 13.7. The lowest BCUT2D eigenvalue weighted by Gasteiger charge is -2.12. The molecule has 0 aromatic heterocycles. The number of methoxy groups -OCH3 is 1. The van der Waals surface area contributed by atoms with Gasteiger partial charge in [-0.05, 0) is 19.2 Å². The third kappa shape index (κ3) is 7.90. The number of carbonyl (C=O) groups is 1. The fourth-order valence-corrected chi connectivity index (χ4v) is 1.72. The Balaban J connectivity index is 0.00000400. The van der Waals surface area contributed by atoms with Gasteiger partial charge in [-0.25, -0.2) is 0 Å². The van der Waals surface area contributed by atoms with Gasteiger partial charge in [-0.2, -0.15) is 0 Å². The van der Waals surface area contributed by atoms with E-state index in [1.807, 2.05) is 38.2 Å². The van der Waals surface area contributed by atoms with E-state index < -0.39 is 0 Å². The molecule has 2 N–H and O–H groups in total. The fraction of sp³-hybridized carbons (Fsp3) is 0.533. The van der Waals surface area contributed by atoms with Gasteiger partial charge < -0.3 is 20.1 Å². The summed E-state index contributed by atoms with van der Waals surface area (Å²) in [4.78, 5) is 11.9. The molecule has 1 amide bonds.